The molecule has 3 heteroatoms. The predicted octanol–water partition coefficient (Wildman–Crippen LogP) is 3.96. The third kappa shape index (κ3) is 4.08. The van der Waals surface area contributed by atoms with Crippen molar-refractivity contribution in [3.63, 3.8) is 0 Å². The van der Waals surface area contributed by atoms with E-state index in [9.17, 15) is 0 Å². The van der Waals surface area contributed by atoms with E-state index in [1.54, 1.807) is 0 Å². The average molecular weight is 272 g/mol. The Morgan fingerprint density at radius 3 is 2.53 bits per heavy atom. The van der Waals surface area contributed by atoms with E-state index in [1.165, 1.54) is 16.0 Å². The lowest BCUT2D eigenvalue weighted by molar-refractivity contribution is 0.865. The van der Waals surface area contributed by atoms with Gasteiger partial charge in [0.25, 0.3) is 0 Å². The number of thioether (sulfide) groups is 1. The van der Waals surface area contributed by atoms with Crippen molar-refractivity contribution in [1.82, 2.24) is 4.98 Å². The van der Waals surface area contributed by atoms with Gasteiger partial charge >= 0.3 is 0 Å². The summed E-state index contributed by atoms with van der Waals surface area (Å²) < 4.78 is 0. The Bertz CT molecular complexity index is 521. The quantitative estimate of drug-likeness (QED) is 0.837. The van der Waals surface area contributed by atoms with Gasteiger partial charge in [-0.25, -0.2) is 0 Å². The molecule has 0 aliphatic heterocycles. The van der Waals surface area contributed by atoms with E-state index >= 15 is 0 Å². The second-order valence-electron chi connectivity index (χ2n) is 4.87. The third-order valence-electron chi connectivity index (χ3n) is 3.04. The van der Waals surface area contributed by atoms with Gasteiger partial charge in [0.05, 0.1) is 5.69 Å². The Morgan fingerprint density at radius 1 is 1.16 bits per heavy atom. The first-order valence-electron chi connectivity index (χ1n) is 6.55. The summed E-state index contributed by atoms with van der Waals surface area (Å²) in [5, 5.41) is 0. The third-order valence-corrected chi connectivity index (χ3v) is 4.13. The van der Waals surface area contributed by atoms with Crippen molar-refractivity contribution in [2.75, 3.05) is 0 Å². The van der Waals surface area contributed by atoms with Crippen LogP contribution in [0.1, 0.15) is 36.6 Å². The predicted molar refractivity (Wildman–Crippen MR) is 82.2 cm³/mol. The molecule has 19 heavy (non-hydrogen) atoms. The first kappa shape index (κ1) is 14.1. The summed E-state index contributed by atoms with van der Waals surface area (Å²) in [6.45, 7) is 4.93. The Hall–Kier alpha value is -1.32. The lowest BCUT2D eigenvalue weighted by Crippen LogP contribution is -1.99. The number of aromatic nitrogens is 1. The first-order valence-corrected chi connectivity index (χ1v) is 7.54. The second-order valence-corrected chi connectivity index (χ2v) is 5.92. The number of nitrogens with two attached hydrogens (primary N) is 1. The van der Waals surface area contributed by atoms with Gasteiger partial charge in [-0.15, -0.1) is 11.8 Å². The standard InChI is InChI=1S/C16H20N2S/c1-12(2)14-3-5-16(6-4-14)19-11-13-7-8-18-15(9-13)10-17/h3-9,12H,10-11,17H2,1-2H3. The average Bonchev–Trinajstić information content (AvgIpc) is 2.46. The highest BCUT2D eigenvalue weighted by Crippen LogP contribution is 2.25. The maximum absolute atomic E-state index is 5.60. The molecule has 0 radical (unpaired) electrons. The number of hydrogen-bond donors (Lipinski definition) is 1. The van der Waals surface area contributed by atoms with Gasteiger partial charge in [-0.1, -0.05) is 26.0 Å². The van der Waals surface area contributed by atoms with Crippen molar-refractivity contribution in [3.05, 3.63) is 59.4 Å². The van der Waals surface area contributed by atoms with Crippen LogP contribution in [0.3, 0.4) is 0 Å². The fraction of sp³-hybridized carbons (Fsp3) is 0.312. The van der Waals surface area contributed by atoms with Crippen molar-refractivity contribution in [2.45, 2.75) is 37.0 Å². The molecule has 100 valence electrons. The molecule has 2 N–H and O–H groups in total. The molecule has 0 spiro atoms. The smallest absolute Gasteiger partial charge is 0.0542 e. The Balaban J connectivity index is 1.98. The van der Waals surface area contributed by atoms with Crippen LogP contribution in [0.5, 0.6) is 0 Å². The highest BCUT2D eigenvalue weighted by Gasteiger charge is 2.01. The van der Waals surface area contributed by atoms with Gasteiger partial charge in [0.1, 0.15) is 0 Å². The van der Waals surface area contributed by atoms with Crippen LogP contribution in [0, 0.1) is 0 Å². The molecule has 2 rings (SSSR count). The van der Waals surface area contributed by atoms with Crippen molar-refractivity contribution in [2.24, 2.45) is 5.73 Å². The second kappa shape index (κ2) is 6.73. The van der Waals surface area contributed by atoms with Gasteiger partial charge in [0.15, 0.2) is 0 Å². The molecular weight excluding hydrogens is 252 g/mol. The van der Waals surface area contributed by atoms with Crippen LogP contribution in [-0.2, 0) is 12.3 Å². The fourth-order valence-corrected chi connectivity index (χ4v) is 2.69. The number of rotatable bonds is 5. The van der Waals surface area contributed by atoms with Crippen LogP contribution >= 0.6 is 11.8 Å². The zero-order valence-corrected chi connectivity index (χ0v) is 12.3. The van der Waals surface area contributed by atoms with Gasteiger partial charge in [-0.2, -0.15) is 0 Å². The number of nitrogens with zero attached hydrogens (tertiary/aromatic N) is 1. The van der Waals surface area contributed by atoms with Crippen LogP contribution in [0.4, 0.5) is 0 Å². The Morgan fingerprint density at radius 2 is 1.89 bits per heavy atom. The molecule has 0 saturated heterocycles. The van der Waals surface area contributed by atoms with E-state index < -0.39 is 0 Å². The molecule has 0 saturated carbocycles. The molecule has 0 bridgehead atoms. The summed E-state index contributed by atoms with van der Waals surface area (Å²) in [5.74, 6) is 1.54. The number of pyridine rings is 1. The van der Waals surface area contributed by atoms with Crippen LogP contribution in [0.15, 0.2) is 47.5 Å². The van der Waals surface area contributed by atoms with Crippen LogP contribution in [0.25, 0.3) is 0 Å². The minimum atomic E-state index is 0.502. The summed E-state index contributed by atoms with van der Waals surface area (Å²) in [6.07, 6.45) is 1.83. The normalized spacial score (nSPS) is 10.9. The number of hydrogen-bond acceptors (Lipinski definition) is 3. The molecule has 1 aromatic heterocycles. The summed E-state index contributed by atoms with van der Waals surface area (Å²) in [4.78, 5) is 5.51. The monoisotopic (exact) mass is 272 g/mol. The molecule has 0 atom stereocenters. The van der Waals surface area contributed by atoms with E-state index in [-0.39, 0.29) is 0 Å². The molecule has 1 heterocycles. The van der Waals surface area contributed by atoms with Crippen molar-refractivity contribution in [3.8, 4) is 0 Å². The van der Waals surface area contributed by atoms with Crippen molar-refractivity contribution in [1.29, 1.82) is 0 Å². The molecule has 0 aliphatic rings. The topological polar surface area (TPSA) is 38.9 Å². The molecular formula is C16H20N2S. The lowest BCUT2D eigenvalue weighted by Gasteiger charge is -2.07. The maximum atomic E-state index is 5.60. The van der Waals surface area contributed by atoms with Crippen LogP contribution in [0.2, 0.25) is 0 Å². The first-order chi connectivity index (χ1) is 9.19. The van der Waals surface area contributed by atoms with Crippen LogP contribution < -0.4 is 5.73 Å². The molecule has 1 aromatic carbocycles. The van der Waals surface area contributed by atoms with Crippen molar-refractivity contribution >= 4 is 11.8 Å². The summed E-state index contributed by atoms with van der Waals surface area (Å²) in [6, 6.07) is 13.0. The highest BCUT2D eigenvalue weighted by atomic mass is 32.2. The largest absolute Gasteiger partial charge is 0.325 e. The van der Waals surface area contributed by atoms with E-state index in [2.05, 4.69) is 55.2 Å². The molecule has 0 aliphatic carbocycles. The van der Waals surface area contributed by atoms with E-state index in [1.807, 2.05) is 18.0 Å². The zero-order chi connectivity index (χ0) is 13.7. The minimum Gasteiger partial charge on any atom is -0.325 e. The SMILES string of the molecule is CC(C)c1ccc(SCc2ccnc(CN)c2)cc1. The van der Waals surface area contributed by atoms with Gasteiger partial charge < -0.3 is 5.73 Å². The Labute approximate surface area is 119 Å². The summed E-state index contributed by atoms with van der Waals surface area (Å²) in [5.41, 5.74) is 9.21. The molecule has 2 nitrogen and oxygen atoms in total. The summed E-state index contributed by atoms with van der Waals surface area (Å²) >= 11 is 1.84. The molecule has 0 amide bonds. The summed E-state index contributed by atoms with van der Waals surface area (Å²) in [7, 11) is 0. The fourth-order valence-electron chi connectivity index (χ4n) is 1.85. The van der Waals surface area contributed by atoms with E-state index in [4.69, 9.17) is 5.73 Å². The van der Waals surface area contributed by atoms with Crippen molar-refractivity contribution < 1.29 is 0 Å². The van der Waals surface area contributed by atoms with E-state index in [0.717, 1.165) is 11.4 Å². The number of benzene rings is 1. The molecule has 0 fully saturated rings. The zero-order valence-electron chi connectivity index (χ0n) is 11.5. The molecule has 0 unspecified atom stereocenters. The van der Waals surface area contributed by atoms with E-state index in [0.29, 0.717) is 12.5 Å². The van der Waals surface area contributed by atoms with Gasteiger partial charge in [0, 0.05) is 23.4 Å². The van der Waals surface area contributed by atoms with Gasteiger partial charge in [-0.05, 0) is 41.3 Å². The Kier molecular flexibility index (Phi) is 5.00. The van der Waals surface area contributed by atoms with Crippen LogP contribution in [-0.4, -0.2) is 4.98 Å². The lowest BCUT2D eigenvalue weighted by atomic mass is 10.0. The van der Waals surface area contributed by atoms with Gasteiger partial charge in [0.2, 0.25) is 0 Å². The minimum absolute atomic E-state index is 0.502. The molecule has 2 aromatic rings. The van der Waals surface area contributed by atoms with Gasteiger partial charge in [-0.3, -0.25) is 4.98 Å². The maximum Gasteiger partial charge on any atom is 0.0542 e. The highest BCUT2D eigenvalue weighted by molar-refractivity contribution is 7.98.